The van der Waals surface area contributed by atoms with Gasteiger partial charge in [-0.15, -0.1) is 0 Å². The predicted octanol–water partition coefficient (Wildman–Crippen LogP) is 9.55. The molecule has 1 aliphatic rings. The van der Waals surface area contributed by atoms with Gasteiger partial charge in [0, 0.05) is 0 Å². The fraction of sp³-hybridized carbons (Fsp3) is 0.459. The van der Waals surface area contributed by atoms with E-state index in [4.69, 9.17) is 14.2 Å². The van der Waals surface area contributed by atoms with E-state index < -0.39 is 30.1 Å². The first-order chi connectivity index (χ1) is 21.6. The monoisotopic (exact) mass is 624 g/mol. The van der Waals surface area contributed by atoms with Crippen LogP contribution in [0.1, 0.15) is 87.2 Å². The van der Waals surface area contributed by atoms with Gasteiger partial charge in [-0.2, -0.15) is 13.2 Å². The van der Waals surface area contributed by atoms with E-state index >= 15 is 0 Å². The minimum atomic E-state index is -4.58. The summed E-state index contributed by atoms with van der Waals surface area (Å²) < 4.78 is 57.0. The Balaban J connectivity index is 1.31. The van der Waals surface area contributed by atoms with Crippen LogP contribution in [-0.4, -0.2) is 30.8 Å². The summed E-state index contributed by atoms with van der Waals surface area (Å²) >= 11 is 0. The van der Waals surface area contributed by atoms with Crippen molar-refractivity contribution in [2.75, 3.05) is 6.61 Å². The van der Waals surface area contributed by atoms with Crippen LogP contribution < -0.4 is 9.47 Å². The molecule has 242 valence electrons. The van der Waals surface area contributed by atoms with Gasteiger partial charge < -0.3 is 14.2 Å². The number of rotatable bonds is 14. The molecule has 8 heteroatoms. The van der Waals surface area contributed by atoms with Gasteiger partial charge in [0.1, 0.15) is 11.5 Å². The zero-order valence-electron chi connectivity index (χ0n) is 26.3. The molecule has 0 spiro atoms. The van der Waals surface area contributed by atoms with Crippen molar-refractivity contribution in [1.29, 1.82) is 0 Å². The second-order valence-electron chi connectivity index (χ2n) is 12.0. The van der Waals surface area contributed by atoms with E-state index in [9.17, 15) is 22.8 Å². The van der Waals surface area contributed by atoms with Gasteiger partial charge in [0.2, 0.25) is 0 Å². The average molecular weight is 625 g/mol. The Morgan fingerprint density at radius 2 is 1.53 bits per heavy atom. The van der Waals surface area contributed by atoms with Crippen molar-refractivity contribution in [1.82, 2.24) is 0 Å². The Labute approximate surface area is 264 Å². The molecule has 0 heterocycles. The minimum Gasteiger partial charge on any atom is -0.493 e. The summed E-state index contributed by atoms with van der Waals surface area (Å²) in [7, 11) is 0. The van der Waals surface area contributed by atoms with Gasteiger partial charge in [-0.1, -0.05) is 76.8 Å². The van der Waals surface area contributed by atoms with Crippen LogP contribution in [0.15, 0.2) is 66.7 Å². The van der Waals surface area contributed by atoms with Gasteiger partial charge in [0.15, 0.2) is 6.10 Å². The Bertz CT molecular complexity index is 1400. The normalized spacial score (nSPS) is 15.9. The first kappa shape index (κ1) is 34.1. The van der Waals surface area contributed by atoms with Crippen LogP contribution in [0.4, 0.5) is 13.2 Å². The molecule has 0 radical (unpaired) electrons. The molecule has 0 bridgehead atoms. The summed E-state index contributed by atoms with van der Waals surface area (Å²) in [6.45, 7) is 6.95. The molecule has 0 aliphatic heterocycles. The number of benzene rings is 3. The van der Waals surface area contributed by atoms with Crippen molar-refractivity contribution >= 4 is 11.9 Å². The Hall–Kier alpha value is -3.81. The predicted molar refractivity (Wildman–Crippen MR) is 168 cm³/mol. The number of hydrogen-bond donors (Lipinski definition) is 0. The lowest BCUT2D eigenvalue weighted by Gasteiger charge is -2.27. The van der Waals surface area contributed by atoms with Crippen molar-refractivity contribution < 1.29 is 37.0 Å². The number of alkyl halides is 3. The molecule has 3 aromatic rings. The number of ether oxygens (including phenoxy) is 3. The van der Waals surface area contributed by atoms with E-state index in [1.807, 2.05) is 43.3 Å². The lowest BCUT2D eigenvalue weighted by Crippen LogP contribution is -2.37. The topological polar surface area (TPSA) is 61.8 Å². The number of aryl methyl sites for hydroxylation is 1. The van der Waals surface area contributed by atoms with Gasteiger partial charge in [-0.3, -0.25) is 4.79 Å². The maximum Gasteiger partial charge on any atom is 0.425 e. The van der Waals surface area contributed by atoms with Crippen molar-refractivity contribution in [3.8, 4) is 22.6 Å². The highest BCUT2D eigenvalue weighted by Crippen LogP contribution is 2.33. The second kappa shape index (κ2) is 16.0. The van der Waals surface area contributed by atoms with Gasteiger partial charge >= 0.3 is 18.1 Å². The number of fused-ring (bicyclic) bond motifs is 1. The Kier molecular flexibility index (Phi) is 12.1. The van der Waals surface area contributed by atoms with Crippen molar-refractivity contribution in [3.05, 3.63) is 83.4 Å². The standard InChI is InChI=1S/C37H43F3O5/c1-4-6-7-8-9-34(37(38,39)40)45-36(42)31-15-14-30-23-33(21-18-29(30)22-31)44-35(41)28-12-10-26(11-13-28)27-16-19-32(20-17-27)43-24-25(3)5-2/h10-13,16-21,23,25,31,34H,4-9,14-15,22,24H2,1-3H3/t25-,31+,34?/m0/s1. The third kappa shape index (κ3) is 9.84. The van der Waals surface area contributed by atoms with Crippen LogP contribution in [0, 0.1) is 11.8 Å². The number of carbonyl (C=O) groups is 2. The van der Waals surface area contributed by atoms with Crippen molar-refractivity contribution in [2.45, 2.75) is 90.8 Å². The highest BCUT2D eigenvalue weighted by atomic mass is 19.4. The molecule has 45 heavy (non-hydrogen) atoms. The molecule has 3 aromatic carbocycles. The number of hydrogen-bond acceptors (Lipinski definition) is 5. The van der Waals surface area contributed by atoms with Crippen LogP contribution in [0.25, 0.3) is 11.1 Å². The molecule has 0 saturated carbocycles. The third-order valence-corrected chi connectivity index (χ3v) is 8.43. The smallest absolute Gasteiger partial charge is 0.425 e. The minimum absolute atomic E-state index is 0.211. The van der Waals surface area contributed by atoms with Gasteiger partial charge in [0.25, 0.3) is 0 Å². The first-order valence-electron chi connectivity index (χ1n) is 16.0. The van der Waals surface area contributed by atoms with E-state index in [0.29, 0.717) is 49.5 Å². The van der Waals surface area contributed by atoms with Crippen molar-refractivity contribution in [3.63, 3.8) is 0 Å². The molecular formula is C37H43F3O5. The highest BCUT2D eigenvalue weighted by molar-refractivity contribution is 5.91. The second-order valence-corrected chi connectivity index (χ2v) is 12.0. The number of unbranched alkanes of at least 4 members (excludes halogenated alkanes) is 3. The van der Waals surface area contributed by atoms with Crippen LogP contribution in [0.3, 0.4) is 0 Å². The summed E-state index contributed by atoms with van der Waals surface area (Å²) in [5, 5.41) is 0. The molecule has 1 aliphatic carbocycles. The van der Waals surface area contributed by atoms with E-state index in [1.165, 1.54) is 0 Å². The van der Waals surface area contributed by atoms with Crippen LogP contribution in [0.2, 0.25) is 0 Å². The quantitative estimate of drug-likeness (QED) is 0.102. The molecule has 0 saturated heterocycles. The largest absolute Gasteiger partial charge is 0.493 e. The van der Waals surface area contributed by atoms with Crippen LogP contribution in [-0.2, 0) is 22.4 Å². The van der Waals surface area contributed by atoms with Crippen LogP contribution in [0.5, 0.6) is 11.5 Å². The van der Waals surface area contributed by atoms with Crippen LogP contribution >= 0.6 is 0 Å². The molecule has 0 fully saturated rings. The fourth-order valence-electron chi connectivity index (χ4n) is 5.34. The van der Waals surface area contributed by atoms with Gasteiger partial charge in [-0.25, -0.2) is 4.79 Å². The Morgan fingerprint density at radius 3 is 2.18 bits per heavy atom. The SMILES string of the molecule is CCCCCCC(OC(=O)[C@@H]1CCc2cc(OC(=O)c3ccc(-c4ccc(OC[C@@H](C)CC)cc4)cc3)ccc2C1)C(F)(F)F. The summed E-state index contributed by atoms with van der Waals surface area (Å²) in [6.07, 6.45) is -1.85. The molecule has 0 aromatic heterocycles. The average Bonchev–Trinajstić information content (AvgIpc) is 3.04. The van der Waals surface area contributed by atoms with E-state index in [1.54, 1.807) is 30.3 Å². The zero-order valence-corrected chi connectivity index (χ0v) is 26.3. The van der Waals surface area contributed by atoms with E-state index in [2.05, 4.69) is 13.8 Å². The first-order valence-corrected chi connectivity index (χ1v) is 16.0. The van der Waals surface area contributed by atoms with Gasteiger partial charge in [0.05, 0.1) is 18.1 Å². The molecule has 4 rings (SSSR count). The lowest BCUT2D eigenvalue weighted by molar-refractivity contribution is -0.225. The highest BCUT2D eigenvalue weighted by Gasteiger charge is 2.43. The van der Waals surface area contributed by atoms with E-state index in [-0.39, 0.29) is 12.8 Å². The van der Waals surface area contributed by atoms with Crippen molar-refractivity contribution in [2.24, 2.45) is 11.8 Å². The summed E-state index contributed by atoms with van der Waals surface area (Å²) in [5.41, 5.74) is 4.11. The number of halogens is 3. The summed E-state index contributed by atoms with van der Waals surface area (Å²) in [5.74, 6) is -0.246. The molecule has 1 unspecified atom stereocenters. The molecule has 0 amide bonds. The molecule has 5 nitrogen and oxygen atoms in total. The summed E-state index contributed by atoms with van der Waals surface area (Å²) in [4.78, 5) is 25.6. The molecule has 3 atom stereocenters. The maximum atomic E-state index is 13.5. The number of esters is 2. The summed E-state index contributed by atoms with van der Waals surface area (Å²) in [6, 6.07) is 20.2. The number of carbonyl (C=O) groups excluding carboxylic acids is 2. The lowest BCUT2D eigenvalue weighted by atomic mass is 9.84. The molecular weight excluding hydrogens is 581 g/mol. The maximum absolute atomic E-state index is 13.5. The van der Waals surface area contributed by atoms with Gasteiger partial charge in [-0.05, 0) is 96.7 Å². The zero-order chi connectivity index (χ0) is 32.4. The Morgan fingerprint density at radius 1 is 0.867 bits per heavy atom. The van der Waals surface area contributed by atoms with E-state index in [0.717, 1.165) is 47.3 Å². The third-order valence-electron chi connectivity index (χ3n) is 8.43. The fourth-order valence-corrected chi connectivity index (χ4v) is 5.34. The molecule has 0 N–H and O–H groups in total.